The van der Waals surface area contributed by atoms with E-state index < -0.39 is 24.1 Å². The Morgan fingerprint density at radius 2 is 1.81 bits per heavy atom. The van der Waals surface area contributed by atoms with E-state index in [1.54, 1.807) is 18.3 Å². The highest BCUT2D eigenvalue weighted by Gasteiger charge is 2.32. The summed E-state index contributed by atoms with van der Waals surface area (Å²) in [6.07, 6.45) is -3.28. The number of anilines is 1. The third kappa shape index (κ3) is 4.43. The van der Waals surface area contributed by atoms with Crippen molar-refractivity contribution in [2.75, 3.05) is 18.0 Å². The predicted molar refractivity (Wildman–Crippen MR) is 107 cm³/mol. The Balaban J connectivity index is 1.86. The second kappa shape index (κ2) is 8.45. The van der Waals surface area contributed by atoms with Crippen molar-refractivity contribution in [2.24, 2.45) is 0 Å². The summed E-state index contributed by atoms with van der Waals surface area (Å²) in [7, 11) is 0. The molecule has 2 atom stereocenters. The zero-order valence-electron chi connectivity index (χ0n) is 17.1. The van der Waals surface area contributed by atoms with Gasteiger partial charge in [0.15, 0.2) is 5.82 Å². The Kier molecular flexibility index (Phi) is 5.85. The molecular formula is C21H19F5N4O2. The number of pyridine rings is 1. The Morgan fingerprint density at radius 1 is 1.09 bits per heavy atom. The van der Waals surface area contributed by atoms with Crippen molar-refractivity contribution >= 4 is 16.7 Å². The van der Waals surface area contributed by atoms with Gasteiger partial charge < -0.3 is 14.4 Å². The van der Waals surface area contributed by atoms with Gasteiger partial charge in [-0.05, 0) is 44.2 Å². The average molecular weight is 454 g/mol. The maximum Gasteiger partial charge on any atom is 0.416 e. The van der Waals surface area contributed by atoms with Crippen LogP contribution >= 0.6 is 0 Å². The van der Waals surface area contributed by atoms with Gasteiger partial charge in [0.2, 0.25) is 0 Å². The van der Waals surface area contributed by atoms with E-state index in [2.05, 4.69) is 19.9 Å². The summed E-state index contributed by atoms with van der Waals surface area (Å²) in [4.78, 5) is 6.35. The Hall–Kier alpha value is -3.08. The first kappa shape index (κ1) is 22.1. The van der Waals surface area contributed by atoms with Gasteiger partial charge in [-0.15, -0.1) is 10.2 Å². The highest BCUT2D eigenvalue weighted by atomic mass is 19.4. The lowest BCUT2D eigenvalue weighted by Gasteiger charge is -2.36. The zero-order chi connectivity index (χ0) is 23.0. The molecule has 32 heavy (non-hydrogen) atoms. The third-order valence-corrected chi connectivity index (χ3v) is 5.02. The van der Waals surface area contributed by atoms with Crippen LogP contribution in [-0.2, 0) is 10.9 Å². The van der Waals surface area contributed by atoms with Gasteiger partial charge in [0, 0.05) is 30.2 Å². The number of rotatable bonds is 4. The summed E-state index contributed by atoms with van der Waals surface area (Å²) in [5, 5.41) is 8.89. The number of alkyl halides is 5. The van der Waals surface area contributed by atoms with Crippen LogP contribution in [0.1, 0.15) is 19.4 Å². The molecule has 0 radical (unpaired) electrons. The number of halogens is 5. The van der Waals surface area contributed by atoms with Gasteiger partial charge in [0.25, 0.3) is 0 Å². The van der Waals surface area contributed by atoms with Crippen molar-refractivity contribution in [3.63, 3.8) is 0 Å². The van der Waals surface area contributed by atoms with Gasteiger partial charge in [0.05, 0.1) is 17.8 Å². The van der Waals surface area contributed by atoms with Crippen molar-refractivity contribution in [1.29, 1.82) is 0 Å². The largest absolute Gasteiger partial charge is 0.434 e. The monoisotopic (exact) mass is 454 g/mol. The van der Waals surface area contributed by atoms with Crippen LogP contribution in [-0.4, -0.2) is 47.1 Å². The number of morpholine rings is 1. The van der Waals surface area contributed by atoms with Crippen LogP contribution in [0, 0.1) is 0 Å². The van der Waals surface area contributed by atoms with Crippen LogP contribution in [0.25, 0.3) is 22.2 Å². The van der Waals surface area contributed by atoms with Gasteiger partial charge in [-0.2, -0.15) is 22.0 Å². The number of ether oxygens (including phenoxy) is 2. The second-order valence-corrected chi connectivity index (χ2v) is 7.52. The maximum absolute atomic E-state index is 13.1. The van der Waals surface area contributed by atoms with E-state index in [4.69, 9.17) is 4.74 Å². The topological polar surface area (TPSA) is 60.4 Å². The first-order valence-electron chi connectivity index (χ1n) is 9.81. The first-order valence-corrected chi connectivity index (χ1v) is 9.81. The molecule has 0 saturated carbocycles. The van der Waals surface area contributed by atoms with Gasteiger partial charge in [-0.3, -0.25) is 4.98 Å². The molecule has 0 bridgehead atoms. The summed E-state index contributed by atoms with van der Waals surface area (Å²) >= 11 is 0. The van der Waals surface area contributed by atoms with E-state index in [0.29, 0.717) is 35.9 Å². The molecule has 11 heteroatoms. The van der Waals surface area contributed by atoms with Crippen LogP contribution < -0.4 is 9.64 Å². The fourth-order valence-electron chi connectivity index (χ4n) is 3.82. The van der Waals surface area contributed by atoms with Crippen molar-refractivity contribution in [2.45, 2.75) is 38.8 Å². The number of hydrogen-bond donors (Lipinski definition) is 0. The van der Waals surface area contributed by atoms with E-state index in [-0.39, 0.29) is 23.5 Å². The number of benzene rings is 1. The van der Waals surface area contributed by atoms with Crippen LogP contribution in [0.15, 0.2) is 36.5 Å². The molecule has 0 unspecified atom stereocenters. The fraction of sp³-hybridized carbons (Fsp3) is 0.381. The molecule has 1 fully saturated rings. The van der Waals surface area contributed by atoms with Crippen molar-refractivity contribution in [3.05, 3.63) is 42.1 Å². The second-order valence-electron chi connectivity index (χ2n) is 7.52. The van der Waals surface area contributed by atoms with Gasteiger partial charge in [-0.1, -0.05) is 0 Å². The first-order chi connectivity index (χ1) is 15.1. The maximum atomic E-state index is 13.1. The lowest BCUT2D eigenvalue weighted by molar-refractivity contribution is -0.138. The van der Waals surface area contributed by atoms with Crippen LogP contribution in [0.4, 0.5) is 27.8 Å². The lowest BCUT2D eigenvalue weighted by Crippen LogP contribution is -2.46. The molecule has 0 aliphatic carbocycles. The van der Waals surface area contributed by atoms with Gasteiger partial charge >= 0.3 is 12.8 Å². The van der Waals surface area contributed by atoms with E-state index >= 15 is 0 Å². The molecule has 1 aliphatic rings. The number of fused-ring (bicyclic) bond motifs is 1. The standard InChI is InChI=1S/C21H19F5N4O2/c1-11-9-30(10-12(2)31-11)19-18-15(4-3-7-27-18)17(28-29-19)14-6-5-13(21(24,25)26)8-16(14)32-20(22)23/h3-8,11-12,20H,9-10H2,1-2H3/t11-,12+. The van der Waals surface area contributed by atoms with Crippen LogP contribution in [0.2, 0.25) is 0 Å². The van der Waals surface area contributed by atoms with Crippen molar-refractivity contribution in [3.8, 4) is 17.0 Å². The third-order valence-electron chi connectivity index (χ3n) is 5.02. The molecule has 0 N–H and O–H groups in total. The summed E-state index contributed by atoms with van der Waals surface area (Å²) in [6, 6.07) is 5.66. The summed E-state index contributed by atoms with van der Waals surface area (Å²) in [6.45, 7) is 1.63. The number of aromatic nitrogens is 3. The molecule has 3 heterocycles. The Bertz CT molecular complexity index is 1120. The molecule has 0 spiro atoms. The lowest BCUT2D eigenvalue weighted by atomic mass is 10.0. The summed E-state index contributed by atoms with van der Waals surface area (Å²) in [5.74, 6) is -0.162. The van der Waals surface area contributed by atoms with Gasteiger partial charge in [0.1, 0.15) is 17.0 Å². The minimum Gasteiger partial charge on any atom is -0.434 e. The summed E-state index contributed by atoms with van der Waals surface area (Å²) in [5.41, 5.74) is -0.614. The Labute approximate surface area is 180 Å². The molecule has 2 aromatic heterocycles. The molecule has 170 valence electrons. The predicted octanol–water partition coefficient (Wildman–Crippen LogP) is 4.93. The van der Waals surface area contributed by atoms with E-state index in [1.165, 1.54) is 0 Å². The smallest absolute Gasteiger partial charge is 0.416 e. The molecular weight excluding hydrogens is 435 g/mol. The minimum atomic E-state index is -4.72. The molecule has 4 rings (SSSR count). The van der Waals surface area contributed by atoms with Crippen LogP contribution in [0.5, 0.6) is 5.75 Å². The molecule has 1 saturated heterocycles. The fourth-order valence-corrected chi connectivity index (χ4v) is 3.82. The van der Waals surface area contributed by atoms with E-state index in [9.17, 15) is 22.0 Å². The molecule has 1 aromatic carbocycles. The number of nitrogens with zero attached hydrogens (tertiary/aromatic N) is 4. The minimum absolute atomic E-state index is 0.0425. The normalized spacial score (nSPS) is 19.6. The highest BCUT2D eigenvalue weighted by molar-refractivity contribution is 5.98. The van der Waals surface area contributed by atoms with Crippen molar-refractivity contribution < 1.29 is 31.4 Å². The zero-order valence-corrected chi connectivity index (χ0v) is 17.1. The molecule has 1 aliphatic heterocycles. The average Bonchev–Trinajstić information content (AvgIpc) is 2.71. The molecule has 6 nitrogen and oxygen atoms in total. The summed E-state index contributed by atoms with van der Waals surface area (Å²) < 4.78 is 75.4. The quantitative estimate of drug-likeness (QED) is 0.522. The molecule has 3 aromatic rings. The highest BCUT2D eigenvalue weighted by Crippen LogP contribution is 2.40. The van der Waals surface area contributed by atoms with E-state index in [1.807, 2.05) is 18.7 Å². The molecule has 0 amide bonds. The Morgan fingerprint density at radius 3 is 2.47 bits per heavy atom. The number of hydrogen-bond acceptors (Lipinski definition) is 6. The van der Waals surface area contributed by atoms with Gasteiger partial charge in [-0.25, -0.2) is 0 Å². The van der Waals surface area contributed by atoms with Crippen LogP contribution in [0.3, 0.4) is 0 Å². The SMILES string of the molecule is C[C@@H]1CN(c2nnc(-c3ccc(C(F)(F)F)cc3OC(F)F)c3cccnc23)C[C@H](C)O1. The van der Waals surface area contributed by atoms with E-state index in [0.717, 1.165) is 12.1 Å². The van der Waals surface area contributed by atoms with Crippen molar-refractivity contribution in [1.82, 2.24) is 15.2 Å².